The topological polar surface area (TPSA) is 137 Å². The molecule has 2 rings (SSSR count). The Balaban J connectivity index is 1.96. The lowest BCUT2D eigenvalue weighted by Crippen LogP contribution is -2.29. The number of halogens is 1. The molecule has 0 fully saturated rings. The van der Waals surface area contributed by atoms with E-state index >= 15 is 0 Å². The summed E-state index contributed by atoms with van der Waals surface area (Å²) in [6.07, 6.45) is -0.199. The number of benzene rings is 2. The first-order chi connectivity index (χ1) is 14.7. The van der Waals surface area contributed by atoms with Gasteiger partial charge in [-0.2, -0.15) is 0 Å². The summed E-state index contributed by atoms with van der Waals surface area (Å²) in [6, 6.07) is 9.61. The Kier molecular flexibility index (Phi) is 8.33. The Morgan fingerprint density at radius 1 is 1.16 bits per heavy atom. The molecule has 11 heteroatoms. The third-order valence-corrected chi connectivity index (χ3v) is 4.31. The predicted molar refractivity (Wildman–Crippen MR) is 112 cm³/mol. The summed E-state index contributed by atoms with van der Waals surface area (Å²) in [5.74, 6) is -1.62. The maximum absolute atomic E-state index is 12.2. The second-order valence-electron chi connectivity index (χ2n) is 6.36. The number of nitro benzene ring substituents is 1. The molecule has 0 radical (unpaired) electrons. The van der Waals surface area contributed by atoms with Crippen molar-refractivity contribution in [2.75, 3.05) is 19.0 Å². The molecular weight excluding hydrogens is 430 g/mol. The first-order valence-electron chi connectivity index (χ1n) is 9.00. The van der Waals surface area contributed by atoms with Gasteiger partial charge in [-0.15, -0.1) is 0 Å². The molecule has 2 aromatic rings. The number of anilines is 1. The van der Waals surface area contributed by atoms with Crippen LogP contribution in [0, 0.1) is 10.1 Å². The van der Waals surface area contributed by atoms with E-state index in [0.29, 0.717) is 10.6 Å². The molecule has 2 aromatic carbocycles. The molecule has 0 aromatic heterocycles. The van der Waals surface area contributed by atoms with Gasteiger partial charge in [-0.25, -0.2) is 0 Å². The molecule has 0 aliphatic heterocycles. The van der Waals surface area contributed by atoms with Crippen molar-refractivity contribution in [1.82, 2.24) is 5.32 Å². The molecule has 0 saturated carbocycles. The van der Waals surface area contributed by atoms with Crippen molar-refractivity contribution in [2.45, 2.75) is 19.4 Å². The van der Waals surface area contributed by atoms with Gasteiger partial charge in [0.2, 0.25) is 5.91 Å². The minimum absolute atomic E-state index is 0.0855. The summed E-state index contributed by atoms with van der Waals surface area (Å²) in [6.45, 7) is 0.728. The fraction of sp³-hybridized carbons (Fsp3) is 0.250. The van der Waals surface area contributed by atoms with Gasteiger partial charge in [-0.05, 0) is 23.8 Å². The zero-order valence-electron chi connectivity index (χ0n) is 16.7. The van der Waals surface area contributed by atoms with Crippen molar-refractivity contribution in [3.05, 3.63) is 63.2 Å². The number of hydrogen-bond donors (Lipinski definition) is 2. The Hall–Kier alpha value is -3.66. The van der Waals surface area contributed by atoms with Crippen molar-refractivity contribution < 1.29 is 28.8 Å². The number of carbonyl (C=O) groups excluding carboxylic acids is 3. The van der Waals surface area contributed by atoms with Crippen molar-refractivity contribution in [1.29, 1.82) is 0 Å². The van der Waals surface area contributed by atoms with E-state index in [-0.39, 0.29) is 29.5 Å². The smallest absolute Gasteiger partial charge is 0.308 e. The maximum atomic E-state index is 12.2. The van der Waals surface area contributed by atoms with Crippen molar-refractivity contribution in [3.63, 3.8) is 0 Å². The number of nitrogens with zero attached hydrogens (tertiary/aromatic N) is 1. The summed E-state index contributed by atoms with van der Waals surface area (Å²) in [5, 5.41) is 16.4. The van der Waals surface area contributed by atoms with Gasteiger partial charge in [0.15, 0.2) is 6.61 Å². The van der Waals surface area contributed by atoms with Crippen LogP contribution in [0.4, 0.5) is 11.4 Å². The molecule has 2 amide bonds. The van der Waals surface area contributed by atoms with Crippen LogP contribution in [0.25, 0.3) is 0 Å². The van der Waals surface area contributed by atoms with Gasteiger partial charge in [0.05, 0.1) is 36.2 Å². The molecule has 0 spiro atoms. The van der Waals surface area contributed by atoms with Crippen LogP contribution >= 0.6 is 11.6 Å². The van der Waals surface area contributed by atoms with Crippen LogP contribution in [0.1, 0.15) is 24.9 Å². The highest BCUT2D eigenvalue weighted by atomic mass is 35.5. The minimum atomic E-state index is -0.709. The lowest BCUT2D eigenvalue weighted by Gasteiger charge is -2.18. The molecular formula is C20H20ClN3O7. The SMILES string of the molecule is COc1cc([N+](=O)[O-])ccc1NC(=O)COC(=O)CC(NC(C)=O)c1ccc(Cl)cc1. The quantitative estimate of drug-likeness (QED) is 0.341. The fourth-order valence-corrected chi connectivity index (χ4v) is 2.77. The minimum Gasteiger partial charge on any atom is -0.494 e. The number of methoxy groups -OCH3 is 1. The highest BCUT2D eigenvalue weighted by Crippen LogP contribution is 2.29. The van der Waals surface area contributed by atoms with E-state index in [1.54, 1.807) is 24.3 Å². The number of esters is 1. The van der Waals surface area contributed by atoms with Crippen LogP contribution in [-0.2, 0) is 19.1 Å². The number of nitro groups is 1. The van der Waals surface area contributed by atoms with Crippen molar-refractivity contribution in [3.8, 4) is 5.75 Å². The third kappa shape index (κ3) is 7.27. The maximum Gasteiger partial charge on any atom is 0.308 e. The standard InChI is InChI=1S/C20H20ClN3O7/c1-12(25)22-17(13-3-5-14(21)6-4-13)10-20(27)31-11-19(26)23-16-8-7-15(24(28)29)9-18(16)30-2/h3-9,17H,10-11H2,1-2H3,(H,22,25)(H,23,26). The van der Waals surface area contributed by atoms with Gasteiger partial charge in [-0.3, -0.25) is 24.5 Å². The summed E-state index contributed by atoms with van der Waals surface area (Å²) in [5.41, 5.74) is 0.635. The zero-order chi connectivity index (χ0) is 23.0. The number of non-ortho nitro benzene ring substituents is 1. The van der Waals surface area contributed by atoms with Gasteiger partial charge in [0.1, 0.15) is 5.75 Å². The highest BCUT2D eigenvalue weighted by Gasteiger charge is 2.20. The van der Waals surface area contributed by atoms with Gasteiger partial charge in [0.25, 0.3) is 11.6 Å². The summed E-state index contributed by atoms with van der Waals surface area (Å²) < 4.78 is 10.0. The Bertz CT molecular complexity index is 979. The molecule has 0 bridgehead atoms. The molecule has 1 atom stereocenters. The second kappa shape index (κ2) is 10.9. The van der Waals surface area contributed by atoms with E-state index in [9.17, 15) is 24.5 Å². The Labute approximate surface area is 182 Å². The third-order valence-electron chi connectivity index (χ3n) is 4.05. The molecule has 164 valence electrons. The molecule has 0 saturated heterocycles. The summed E-state index contributed by atoms with van der Waals surface area (Å²) >= 11 is 5.86. The van der Waals surface area contributed by atoms with Crippen LogP contribution in [0.3, 0.4) is 0 Å². The molecule has 0 heterocycles. The average Bonchev–Trinajstić information content (AvgIpc) is 2.72. The number of ether oxygens (including phenoxy) is 2. The number of amides is 2. The lowest BCUT2D eigenvalue weighted by molar-refractivity contribution is -0.384. The van der Waals surface area contributed by atoms with Crippen LogP contribution in [0.15, 0.2) is 42.5 Å². The molecule has 2 N–H and O–H groups in total. The van der Waals surface area contributed by atoms with E-state index in [4.69, 9.17) is 21.1 Å². The Morgan fingerprint density at radius 3 is 2.42 bits per heavy atom. The van der Waals surface area contributed by atoms with E-state index in [1.807, 2.05) is 0 Å². The van der Waals surface area contributed by atoms with E-state index < -0.39 is 29.4 Å². The molecule has 10 nitrogen and oxygen atoms in total. The van der Waals surface area contributed by atoms with Gasteiger partial charge in [-0.1, -0.05) is 23.7 Å². The molecule has 0 aliphatic rings. The number of hydrogen-bond acceptors (Lipinski definition) is 7. The lowest BCUT2D eigenvalue weighted by atomic mass is 10.0. The van der Waals surface area contributed by atoms with Crippen molar-refractivity contribution >= 4 is 40.8 Å². The van der Waals surface area contributed by atoms with Crippen LogP contribution in [0.5, 0.6) is 5.75 Å². The second-order valence-corrected chi connectivity index (χ2v) is 6.80. The van der Waals surface area contributed by atoms with Crippen LogP contribution in [0.2, 0.25) is 5.02 Å². The predicted octanol–water partition coefficient (Wildman–Crippen LogP) is 3.01. The van der Waals surface area contributed by atoms with Crippen LogP contribution in [-0.4, -0.2) is 36.4 Å². The first-order valence-corrected chi connectivity index (χ1v) is 9.38. The molecule has 1 unspecified atom stereocenters. The number of nitrogens with one attached hydrogen (secondary N) is 2. The van der Waals surface area contributed by atoms with Gasteiger partial charge < -0.3 is 20.1 Å². The molecule has 31 heavy (non-hydrogen) atoms. The average molecular weight is 450 g/mol. The fourth-order valence-electron chi connectivity index (χ4n) is 2.65. The van der Waals surface area contributed by atoms with E-state index in [1.165, 1.54) is 26.2 Å². The van der Waals surface area contributed by atoms with Crippen molar-refractivity contribution in [2.24, 2.45) is 0 Å². The molecule has 0 aliphatic carbocycles. The van der Waals surface area contributed by atoms with Crippen LogP contribution < -0.4 is 15.4 Å². The van der Waals surface area contributed by atoms with Gasteiger partial charge >= 0.3 is 5.97 Å². The monoisotopic (exact) mass is 449 g/mol. The largest absolute Gasteiger partial charge is 0.494 e. The summed E-state index contributed by atoms with van der Waals surface area (Å²) in [4.78, 5) is 46.0. The summed E-state index contributed by atoms with van der Waals surface area (Å²) in [7, 11) is 1.30. The first kappa shape index (κ1) is 23.6. The zero-order valence-corrected chi connectivity index (χ0v) is 17.5. The van der Waals surface area contributed by atoms with E-state index in [2.05, 4.69) is 10.6 Å². The Morgan fingerprint density at radius 2 is 1.84 bits per heavy atom. The van der Waals surface area contributed by atoms with E-state index in [0.717, 1.165) is 6.07 Å². The number of rotatable bonds is 9. The normalized spacial score (nSPS) is 11.2. The van der Waals surface area contributed by atoms with Gasteiger partial charge in [0, 0.05) is 18.0 Å². The highest BCUT2D eigenvalue weighted by molar-refractivity contribution is 6.30. The number of carbonyl (C=O) groups is 3.